The van der Waals surface area contributed by atoms with Gasteiger partial charge in [-0.1, -0.05) is 62.4 Å². The molecule has 1 amide bonds. The number of cyclic esters (lactones) is 1. The van der Waals surface area contributed by atoms with E-state index in [-0.39, 0.29) is 23.7 Å². The minimum atomic E-state index is -2.72. The van der Waals surface area contributed by atoms with Crippen LogP contribution >= 0.6 is 0 Å². The zero-order valence-electron chi connectivity index (χ0n) is 16.8. The summed E-state index contributed by atoms with van der Waals surface area (Å²) in [6.07, 6.45) is -0.795. The summed E-state index contributed by atoms with van der Waals surface area (Å²) in [6.45, 7) is 6.03. The molecule has 1 aliphatic heterocycles. The number of ether oxygens (including phenoxy) is 1. The van der Waals surface area contributed by atoms with Crippen LogP contribution < -0.4 is 5.32 Å². The Kier molecular flexibility index (Phi) is 5.79. The largest absolute Gasteiger partial charge is 0.445 e. The molecule has 0 bridgehead atoms. The number of hydrogen-bond acceptors (Lipinski definition) is 4. The van der Waals surface area contributed by atoms with Crippen LogP contribution in [0.1, 0.15) is 32.3 Å². The van der Waals surface area contributed by atoms with Crippen LogP contribution in [-0.4, -0.2) is 34.7 Å². The number of hydrogen-bond donors (Lipinski definition) is 1. The van der Waals surface area contributed by atoms with Crippen molar-refractivity contribution in [3.05, 3.63) is 66.2 Å². The van der Waals surface area contributed by atoms with Crippen molar-refractivity contribution in [2.75, 3.05) is 12.8 Å². The average molecular weight is 401 g/mol. The Labute approximate surface area is 167 Å². The molecule has 1 aliphatic rings. The Hall–Kier alpha value is -2.34. The summed E-state index contributed by atoms with van der Waals surface area (Å²) in [4.78, 5) is 13.1. The van der Waals surface area contributed by atoms with Gasteiger partial charge in [-0.3, -0.25) is 0 Å². The molecular weight excluding hydrogens is 372 g/mol. The number of carbonyl (C=O) groups excluding carboxylic acids is 1. The second-order valence-corrected chi connectivity index (χ2v) is 10.2. The van der Waals surface area contributed by atoms with Gasteiger partial charge in [-0.25, -0.2) is 13.4 Å². The highest BCUT2D eigenvalue weighted by Crippen LogP contribution is 2.41. The first-order chi connectivity index (χ1) is 13.3. The van der Waals surface area contributed by atoms with Gasteiger partial charge in [0.25, 0.3) is 0 Å². The minimum absolute atomic E-state index is 0.113. The van der Waals surface area contributed by atoms with E-state index >= 15 is 0 Å². The van der Waals surface area contributed by atoms with Crippen molar-refractivity contribution in [3.8, 4) is 0 Å². The molecule has 2 aromatic rings. The molecule has 2 aromatic carbocycles. The summed E-state index contributed by atoms with van der Waals surface area (Å²) in [5, 5.41) is 2.99. The highest BCUT2D eigenvalue weighted by molar-refractivity contribution is 7.93. The fraction of sp³-hybridized carbons (Fsp3) is 0.409. The summed E-state index contributed by atoms with van der Waals surface area (Å²) in [7, 11) is -1.14. The third-order valence-electron chi connectivity index (χ3n) is 5.36. The molecule has 0 spiro atoms. The maximum absolute atomic E-state index is 13.8. The lowest BCUT2D eigenvalue weighted by Gasteiger charge is -2.47. The van der Waals surface area contributed by atoms with Gasteiger partial charge in [-0.2, -0.15) is 0 Å². The lowest BCUT2D eigenvalue weighted by Crippen LogP contribution is -2.63. The second kappa shape index (κ2) is 7.95. The molecule has 0 aromatic heterocycles. The molecule has 28 heavy (non-hydrogen) atoms. The van der Waals surface area contributed by atoms with Crippen molar-refractivity contribution in [2.45, 2.75) is 43.2 Å². The number of alkyl carbamates (subject to hydrolysis) is 1. The highest BCUT2D eigenvalue weighted by atomic mass is 32.2. The molecule has 1 unspecified atom stereocenters. The monoisotopic (exact) mass is 400 g/mol. The number of benzene rings is 2. The first-order valence-electron chi connectivity index (χ1n) is 9.51. The fourth-order valence-electron chi connectivity index (χ4n) is 4.05. The van der Waals surface area contributed by atoms with Gasteiger partial charge in [0.1, 0.15) is 6.10 Å². The first kappa shape index (κ1) is 20.4. The van der Waals surface area contributed by atoms with E-state index in [4.69, 9.17) is 4.74 Å². The van der Waals surface area contributed by atoms with E-state index in [0.29, 0.717) is 4.90 Å². The molecule has 1 saturated heterocycles. The predicted octanol–water partition coefficient (Wildman–Crippen LogP) is 4.45. The van der Waals surface area contributed by atoms with Gasteiger partial charge in [0.15, 0.2) is 0 Å². The van der Waals surface area contributed by atoms with E-state index in [1.165, 1.54) is 0 Å². The van der Waals surface area contributed by atoms with Crippen molar-refractivity contribution in [3.63, 3.8) is 0 Å². The highest BCUT2D eigenvalue weighted by Gasteiger charge is 2.50. The summed E-state index contributed by atoms with van der Waals surface area (Å²) in [5.41, 5.74) is 0.271. The van der Waals surface area contributed by atoms with Gasteiger partial charge in [0.05, 0.1) is 21.0 Å². The molecule has 4 atom stereocenters. The number of carbonyl (C=O) groups is 1. The zero-order chi connectivity index (χ0) is 20.4. The minimum Gasteiger partial charge on any atom is -0.445 e. The zero-order valence-corrected chi connectivity index (χ0v) is 17.6. The third kappa shape index (κ3) is 3.92. The Balaban J connectivity index is 2.11. The van der Waals surface area contributed by atoms with Crippen molar-refractivity contribution < 1.29 is 13.7 Å². The number of nitrogens with zero attached hydrogens (tertiary/aromatic N) is 1. The Bertz CT molecular complexity index is 937. The van der Waals surface area contributed by atoms with Crippen LogP contribution in [0.15, 0.2) is 69.9 Å². The first-order valence-corrected chi connectivity index (χ1v) is 11.2. The fourth-order valence-corrected chi connectivity index (χ4v) is 6.21. The third-order valence-corrected chi connectivity index (χ3v) is 7.95. The van der Waals surface area contributed by atoms with Gasteiger partial charge in [-0.15, -0.1) is 0 Å². The van der Waals surface area contributed by atoms with Crippen molar-refractivity contribution in [1.29, 1.82) is 0 Å². The quantitative estimate of drug-likeness (QED) is 0.806. The van der Waals surface area contributed by atoms with Crippen molar-refractivity contribution in [2.24, 2.45) is 10.3 Å². The normalized spacial score (nSPS) is 26.8. The predicted molar refractivity (Wildman–Crippen MR) is 112 cm³/mol. The lowest BCUT2D eigenvalue weighted by molar-refractivity contribution is -0.00144. The summed E-state index contributed by atoms with van der Waals surface area (Å²) < 4.78 is 23.8. The molecule has 0 radical (unpaired) electrons. The lowest BCUT2D eigenvalue weighted by atomic mass is 9.74. The SMILES string of the molecule is CN=S(=O)(C[C@@]1(C)NC(=O)O[C@@H](C(C)C)[C@@H]1c1ccccc1)c1ccccc1. The Morgan fingerprint density at radius 3 is 2.21 bits per heavy atom. The molecule has 6 heteroatoms. The molecule has 150 valence electrons. The van der Waals surface area contributed by atoms with Crippen LogP contribution in [0.5, 0.6) is 0 Å². The maximum Gasteiger partial charge on any atom is 0.407 e. The van der Waals surface area contributed by atoms with Gasteiger partial charge >= 0.3 is 6.09 Å². The summed E-state index contributed by atoms with van der Waals surface area (Å²) in [5.74, 6) is 0.165. The van der Waals surface area contributed by atoms with E-state index in [0.717, 1.165) is 5.56 Å². The summed E-state index contributed by atoms with van der Waals surface area (Å²) >= 11 is 0. The van der Waals surface area contributed by atoms with Gasteiger partial charge in [-0.05, 0) is 30.5 Å². The molecule has 1 N–H and O–H groups in total. The Morgan fingerprint density at radius 1 is 1.11 bits per heavy atom. The number of rotatable bonds is 5. The van der Waals surface area contributed by atoms with E-state index < -0.39 is 21.4 Å². The molecular formula is C22H28N2O3S. The number of amides is 1. The average Bonchev–Trinajstić information content (AvgIpc) is 2.68. The summed E-state index contributed by atoms with van der Waals surface area (Å²) in [6, 6.07) is 19.2. The Morgan fingerprint density at radius 2 is 1.68 bits per heavy atom. The smallest absolute Gasteiger partial charge is 0.407 e. The van der Waals surface area contributed by atoms with Crippen LogP contribution in [0.2, 0.25) is 0 Å². The standard InChI is InChI=1S/C22H28N2O3S/c1-16(2)20-19(17-11-7-5-8-12-17)22(3,24-21(25)27-20)15-28(26,23-4)18-13-9-6-10-14-18/h5-14,16,19-20H,15H2,1-4H3,(H,24,25)/t19-,20-,22+,28?/m0/s1. The molecule has 1 fully saturated rings. The van der Waals surface area contributed by atoms with Gasteiger partial charge < -0.3 is 10.1 Å². The molecule has 3 rings (SSSR count). The van der Waals surface area contributed by atoms with E-state index in [9.17, 15) is 9.00 Å². The maximum atomic E-state index is 13.8. The van der Waals surface area contributed by atoms with Crippen LogP contribution in [0.4, 0.5) is 4.79 Å². The number of nitrogens with one attached hydrogen (secondary N) is 1. The second-order valence-electron chi connectivity index (χ2n) is 7.83. The van der Waals surface area contributed by atoms with Crippen molar-refractivity contribution >= 4 is 15.8 Å². The van der Waals surface area contributed by atoms with E-state index in [2.05, 4.69) is 9.68 Å². The van der Waals surface area contributed by atoms with Crippen LogP contribution in [0.25, 0.3) is 0 Å². The van der Waals surface area contributed by atoms with Gasteiger partial charge in [0.2, 0.25) is 0 Å². The molecule has 0 aliphatic carbocycles. The van der Waals surface area contributed by atoms with Crippen LogP contribution in [-0.2, 0) is 14.5 Å². The van der Waals surface area contributed by atoms with Crippen LogP contribution in [0, 0.1) is 5.92 Å². The van der Waals surface area contributed by atoms with E-state index in [1.54, 1.807) is 7.05 Å². The van der Waals surface area contributed by atoms with Crippen molar-refractivity contribution in [1.82, 2.24) is 5.32 Å². The molecule has 5 nitrogen and oxygen atoms in total. The molecule has 0 saturated carbocycles. The van der Waals surface area contributed by atoms with Crippen LogP contribution in [0.3, 0.4) is 0 Å². The van der Waals surface area contributed by atoms with Gasteiger partial charge in [0, 0.05) is 17.9 Å². The molecule has 1 heterocycles. The topological polar surface area (TPSA) is 67.8 Å². The van der Waals surface area contributed by atoms with E-state index in [1.807, 2.05) is 81.4 Å².